The molecule has 0 aromatic heterocycles. The number of amides is 6. The quantitative estimate of drug-likeness (QED) is 0.459. The summed E-state index contributed by atoms with van der Waals surface area (Å²) >= 11 is 0. The van der Waals surface area contributed by atoms with Gasteiger partial charge in [0, 0.05) is 5.92 Å². The maximum absolute atomic E-state index is 14.2. The SMILES string of the molecule is COc1cc(C2C3=CCC4C(=O)N(C(N)=O)C(=O)C4C3CC3C(=O)N(c4ccccc4)C(=O)C32C)ccc1O. The minimum Gasteiger partial charge on any atom is -0.504 e. The number of carbonyl (C=O) groups is 5. The first-order valence-electron chi connectivity index (χ1n) is 12.8. The van der Waals surface area contributed by atoms with E-state index in [1.54, 1.807) is 49.4 Å². The highest BCUT2D eigenvalue weighted by Gasteiger charge is 2.67. The second-order valence-electron chi connectivity index (χ2n) is 10.8. The van der Waals surface area contributed by atoms with E-state index in [2.05, 4.69) is 0 Å². The topological polar surface area (TPSA) is 147 Å². The number of benzene rings is 2. The zero-order valence-corrected chi connectivity index (χ0v) is 21.4. The van der Waals surface area contributed by atoms with Gasteiger partial charge in [0.15, 0.2) is 11.5 Å². The van der Waals surface area contributed by atoms with E-state index in [-0.39, 0.29) is 36.2 Å². The lowest BCUT2D eigenvalue weighted by molar-refractivity contribution is -0.136. The van der Waals surface area contributed by atoms with Crippen molar-refractivity contribution in [3.8, 4) is 11.5 Å². The molecular formula is C29H27N3O7. The van der Waals surface area contributed by atoms with Crippen LogP contribution in [0.3, 0.4) is 0 Å². The van der Waals surface area contributed by atoms with Crippen LogP contribution in [0.15, 0.2) is 60.2 Å². The molecule has 10 heteroatoms. The number of rotatable bonds is 3. The van der Waals surface area contributed by atoms with Gasteiger partial charge in [0.2, 0.25) is 23.6 Å². The molecule has 2 saturated heterocycles. The maximum Gasteiger partial charge on any atom is 0.328 e. The summed E-state index contributed by atoms with van der Waals surface area (Å²) in [6.07, 6.45) is 2.23. The Morgan fingerprint density at radius 1 is 1.03 bits per heavy atom. The molecule has 3 N–H and O–H groups in total. The van der Waals surface area contributed by atoms with Crippen molar-refractivity contribution in [2.24, 2.45) is 34.8 Å². The van der Waals surface area contributed by atoms with Crippen LogP contribution in [0.1, 0.15) is 31.2 Å². The molecule has 1 saturated carbocycles. The number of methoxy groups -OCH3 is 1. The molecule has 2 aromatic rings. The number of nitrogens with zero attached hydrogens (tertiary/aromatic N) is 2. The number of phenols is 1. The summed E-state index contributed by atoms with van der Waals surface area (Å²) in [7, 11) is 1.42. The number of aromatic hydroxyl groups is 1. The number of imide groups is 4. The van der Waals surface area contributed by atoms with Gasteiger partial charge in [-0.3, -0.25) is 19.2 Å². The molecule has 0 bridgehead atoms. The lowest BCUT2D eigenvalue weighted by atomic mass is 9.51. The Labute approximate surface area is 224 Å². The first-order chi connectivity index (χ1) is 18.6. The summed E-state index contributed by atoms with van der Waals surface area (Å²) in [5.41, 5.74) is 5.99. The zero-order valence-electron chi connectivity index (χ0n) is 21.4. The molecule has 2 aromatic carbocycles. The van der Waals surface area contributed by atoms with Crippen LogP contribution in [0.25, 0.3) is 0 Å². The number of anilines is 1. The van der Waals surface area contributed by atoms with E-state index in [9.17, 15) is 29.1 Å². The van der Waals surface area contributed by atoms with Crippen molar-refractivity contribution in [3.63, 3.8) is 0 Å². The highest BCUT2D eigenvalue weighted by atomic mass is 16.5. The number of phenolic OH excluding ortho intramolecular Hbond substituents is 1. The number of carbonyl (C=O) groups excluding carboxylic acids is 5. The van der Waals surface area contributed by atoms with E-state index in [4.69, 9.17) is 10.5 Å². The maximum atomic E-state index is 14.2. The number of hydrogen-bond acceptors (Lipinski definition) is 7. The molecule has 0 radical (unpaired) electrons. The van der Waals surface area contributed by atoms with Crippen molar-refractivity contribution in [2.75, 3.05) is 12.0 Å². The lowest BCUT2D eigenvalue weighted by Gasteiger charge is -2.49. The molecule has 39 heavy (non-hydrogen) atoms. The summed E-state index contributed by atoms with van der Waals surface area (Å²) in [5, 5.41) is 10.3. The summed E-state index contributed by atoms with van der Waals surface area (Å²) in [5.74, 6) is -5.61. The van der Waals surface area contributed by atoms with Crippen LogP contribution in [0.5, 0.6) is 11.5 Å². The predicted octanol–water partition coefficient (Wildman–Crippen LogP) is 2.71. The highest BCUT2D eigenvalue weighted by Crippen LogP contribution is 2.63. The Kier molecular flexibility index (Phi) is 5.43. The van der Waals surface area contributed by atoms with Gasteiger partial charge in [-0.15, -0.1) is 0 Å². The minimum absolute atomic E-state index is 0.0820. The third-order valence-electron chi connectivity index (χ3n) is 9.05. The average molecular weight is 530 g/mol. The minimum atomic E-state index is -1.22. The number of primary amides is 1. The first-order valence-corrected chi connectivity index (χ1v) is 12.8. The smallest absolute Gasteiger partial charge is 0.328 e. The number of allylic oxidation sites excluding steroid dienone is 2. The van der Waals surface area contributed by atoms with Gasteiger partial charge in [-0.05, 0) is 55.5 Å². The number of fused-ring (bicyclic) bond motifs is 4. The fourth-order valence-corrected chi connectivity index (χ4v) is 7.31. The Bertz CT molecular complexity index is 1480. The molecule has 6 amide bonds. The van der Waals surface area contributed by atoms with Gasteiger partial charge >= 0.3 is 6.03 Å². The molecule has 2 aliphatic heterocycles. The number of urea groups is 1. The van der Waals surface area contributed by atoms with Crippen molar-refractivity contribution in [1.82, 2.24) is 4.90 Å². The van der Waals surface area contributed by atoms with Gasteiger partial charge in [0.05, 0.1) is 36.0 Å². The Hall–Kier alpha value is -4.47. The van der Waals surface area contributed by atoms with Gasteiger partial charge in [0.25, 0.3) is 0 Å². The second-order valence-corrected chi connectivity index (χ2v) is 10.8. The fraction of sp³-hybridized carbons (Fsp3) is 0.345. The van der Waals surface area contributed by atoms with Crippen molar-refractivity contribution in [1.29, 1.82) is 0 Å². The molecule has 6 rings (SSSR count). The normalized spacial score (nSPS) is 31.5. The summed E-state index contributed by atoms with van der Waals surface area (Å²) in [4.78, 5) is 68.3. The largest absolute Gasteiger partial charge is 0.504 e. The number of nitrogens with two attached hydrogens (primary N) is 1. The van der Waals surface area contributed by atoms with Crippen LogP contribution in [0.4, 0.5) is 10.5 Å². The van der Waals surface area contributed by atoms with E-state index in [0.717, 1.165) is 5.57 Å². The van der Waals surface area contributed by atoms with Crippen molar-refractivity contribution in [2.45, 2.75) is 25.7 Å². The van der Waals surface area contributed by atoms with Gasteiger partial charge < -0.3 is 15.6 Å². The predicted molar refractivity (Wildman–Crippen MR) is 137 cm³/mol. The molecule has 6 unspecified atom stereocenters. The Morgan fingerprint density at radius 3 is 2.41 bits per heavy atom. The second kappa shape index (κ2) is 8.52. The van der Waals surface area contributed by atoms with Crippen LogP contribution in [-0.4, -0.2) is 46.8 Å². The van der Waals surface area contributed by atoms with Crippen LogP contribution in [-0.2, 0) is 19.2 Å². The number of likely N-dealkylation sites (tertiary alicyclic amines) is 1. The fourth-order valence-electron chi connectivity index (χ4n) is 7.31. The number of ether oxygens (including phenoxy) is 1. The van der Waals surface area contributed by atoms with E-state index < -0.39 is 52.8 Å². The van der Waals surface area contributed by atoms with Crippen LogP contribution >= 0.6 is 0 Å². The molecular weight excluding hydrogens is 502 g/mol. The summed E-state index contributed by atoms with van der Waals surface area (Å²) < 4.78 is 5.35. The van der Waals surface area contributed by atoms with Crippen LogP contribution < -0.4 is 15.4 Å². The van der Waals surface area contributed by atoms with E-state index in [0.29, 0.717) is 16.2 Å². The summed E-state index contributed by atoms with van der Waals surface area (Å²) in [6.45, 7) is 1.77. The zero-order chi connectivity index (χ0) is 27.8. The van der Waals surface area contributed by atoms with Gasteiger partial charge in [-0.1, -0.05) is 35.9 Å². The standard InChI is InChI=1S/C29H27N3O7/c1-29-19(25(35)31(27(29)37)15-6-4-3-5-7-15)13-18-16(23(29)14-8-11-20(33)21(12-14)39-2)9-10-17-22(18)26(36)32(24(17)34)28(30)38/h3-9,11-12,17-19,22-23,33H,10,13H2,1-2H3,(H2,30,38). The first kappa shape index (κ1) is 24.8. The van der Waals surface area contributed by atoms with Crippen LogP contribution in [0.2, 0.25) is 0 Å². The molecule has 200 valence electrons. The molecule has 10 nitrogen and oxygen atoms in total. The van der Waals surface area contributed by atoms with E-state index >= 15 is 0 Å². The van der Waals surface area contributed by atoms with Gasteiger partial charge in [-0.2, -0.15) is 4.90 Å². The molecule has 4 aliphatic rings. The van der Waals surface area contributed by atoms with Gasteiger partial charge in [-0.25, -0.2) is 9.69 Å². The van der Waals surface area contributed by atoms with E-state index in [1.165, 1.54) is 18.1 Å². The summed E-state index contributed by atoms with van der Waals surface area (Å²) in [6, 6.07) is 12.3. The lowest BCUT2D eigenvalue weighted by Crippen LogP contribution is -2.49. The third kappa shape index (κ3) is 3.23. The molecule has 2 heterocycles. The third-order valence-corrected chi connectivity index (χ3v) is 9.05. The molecule has 0 spiro atoms. The average Bonchev–Trinajstić information content (AvgIpc) is 3.29. The number of para-hydroxylation sites is 1. The molecule has 6 atom stereocenters. The Morgan fingerprint density at radius 2 is 1.74 bits per heavy atom. The van der Waals surface area contributed by atoms with Crippen LogP contribution in [0, 0.1) is 29.1 Å². The van der Waals surface area contributed by atoms with Crippen molar-refractivity contribution >= 4 is 35.3 Å². The number of hydrogen-bond donors (Lipinski definition) is 2. The monoisotopic (exact) mass is 529 g/mol. The highest BCUT2D eigenvalue weighted by molar-refractivity contribution is 6.24. The van der Waals surface area contributed by atoms with E-state index in [1.807, 2.05) is 6.08 Å². The van der Waals surface area contributed by atoms with Gasteiger partial charge in [0.1, 0.15) is 0 Å². The molecule has 2 aliphatic carbocycles. The molecule has 3 fully saturated rings. The Balaban J connectivity index is 1.54. The van der Waals surface area contributed by atoms with Crippen molar-refractivity contribution in [3.05, 3.63) is 65.7 Å². The van der Waals surface area contributed by atoms with Crippen molar-refractivity contribution < 1.29 is 33.8 Å².